The van der Waals surface area contributed by atoms with E-state index in [-0.39, 0.29) is 24.3 Å². The molecule has 5 aliphatic rings. The van der Waals surface area contributed by atoms with E-state index < -0.39 is 40.5 Å². The van der Waals surface area contributed by atoms with Crippen LogP contribution < -0.4 is 15.4 Å². The standard InChI is InChI=1S/C38H47N5O7/c1-35(2,3)49-33(45)41-32(42-34(46)50-36(4,5)6)39-18-21-9-11-25-23(15-21)24-17-38(47)27-16-22-10-12-26(44)30-28(22)37(38,31(48-30)29(24)40-25)13-14-43(27)19-20-7-8-20/h9-12,15,20,27,31,40,44,47H,7-8,13-14,16-19H2,1-6H3,(H2,39,41,42,45,46)/t27-,31+,37+,38-/m1/s1. The second kappa shape index (κ2) is 11.1. The first kappa shape index (κ1) is 32.9. The first-order valence-corrected chi connectivity index (χ1v) is 17.7. The van der Waals surface area contributed by atoms with Crippen LogP contribution in [-0.2, 0) is 34.3 Å². The van der Waals surface area contributed by atoms with Crippen LogP contribution in [0, 0.1) is 5.92 Å². The molecule has 0 radical (unpaired) electrons. The van der Waals surface area contributed by atoms with Gasteiger partial charge in [0.05, 0.1) is 23.3 Å². The molecule has 1 spiro atoms. The van der Waals surface area contributed by atoms with Gasteiger partial charge in [0, 0.05) is 35.5 Å². The lowest BCUT2D eigenvalue weighted by atomic mass is 9.49. The Morgan fingerprint density at radius 1 is 1.06 bits per heavy atom. The summed E-state index contributed by atoms with van der Waals surface area (Å²) in [6.07, 6.45) is 2.39. The summed E-state index contributed by atoms with van der Waals surface area (Å²) in [5, 5.41) is 30.2. The lowest BCUT2D eigenvalue weighted by Crippen LogP contribution is -2.74. The highest BCUT2D eigenvalue weighted by Gasteiger charge is 2.72. The molecule has 1 saturated heterocycles. The van der Waals surface area contributed by atoms with Gasteiger partial charge >= 0.3 is 12.2 Å². The molecular weight excluding hydrogens is 638 g/mol. The number of likely N-dealkylation sites (tertiary alicyclic amines) is 1. The van der Waals surface area contributed by atoms with Crippen LogP contribution in [0.15, 0.2) is 35.3 Å². The van der Waals surface area contributed by atoms with E-state index in [1.807, 2.05) is 24.3 Å². The van der Waals surface area contributed by atoms with Gasteiger partial charge in [0.15, 0.2) is 17.6 Å². The summed E-state index contributed by atoms with van der Waals surface area (Å²) in [6, 6.07) is 9.65. The van der Waals surface area contributed by atoms with Gasteiger partial charge in [0.1, 0.15) is 11.2 Å². The topological polar surface area (TPSA) is 158 Å². The molecule has 2 amide bonds. The van der Waals surface area contributed by atoms with Gasteiger partial charge in [0.25, 0.3) is 0 Å². The lowest BCUT2D eigenvalue weighted by molar-refractivity contribution is -0.173. The Balaban J connectivity index is 1.15. The van der Waals surface area contributed by atoms with Crippen molar-refractivity contribution in [3.63, 3.8) is 0 Å². The van der Waals surface area contributed by atoms with Crippen molar-refractivity contribution < 1.29 is 34.0 Å². The molecule has 3 aliphatic carbocycles. The summed E-state index contributed by atoms with van der Waals surface area (Å²) in [7, 11) is 0. The van der Waals surface area contributed by atoms with Crippen LogP contribution in [0.25, 0.3) is 10.9 Å². The zero-order chi connectivity index (χ0) is 35.4. The van der Waals surface area contributed by atoms with Crippen LogP contribution in [0.3, 0.4) is 0 Å². The van der Waals surface area contributed by atoms with Crippen LogP contribution >= 0.6 is 0 Å². The molecule has 4 atom stereocenters. The van der Waals surface area contributed by atoms with Crippen LogP contribution in [0.4, 0.5) is 9.59 Å². The number of carbonyl (C=O) groups excluding carboxylic acids is 2. The molecule has 1 saturated carbocycles. The number of phenolic OH excluding ortho intramolecular Hbond substituents is 1. The lowest BCUT2D eigenvalue weighted by Gasteiger charge is -2.62. The van der Waals surface area contributed by atoms with Crippen molar-refractivity contribution in [1.29, 1.82) is 0 Å². The van der Waals surface area contributed by atoms with Crippen LogP contribution in [-0.4, -0.2) is 74.2 Å². The summed E-state index contributed by atoms with van der Waals surface area (Å²) in [4.78, 5) is 36.0. The fourth-order valence-corrected chi connectivity index (χ4v) is 8.85. The first-order valence-electron chi connectivity index (χ1n) is 17.7. The molecule has 3 heterocycles. The number of carbonyl (C=O) groups is 2. The number of aliphatic hydroxyl groups is 1. The van der Waals surface area contributed by atoms with Crippen molar-refractivity contribution in [1.82, 2.24) is 20.5 Å². The highest BCUT2D eigenvalue weighted by Crippen LogP contribution is 2.69. The number of hydrogen-bond acceptors (Lipinski definition) is 9. The first-order chi connectivity index (χ1) is 23.5. The number of piperidine rings is 1. The van der Waals surface area contributed by atoms with Crippen LogP contribution in [0.1, 0.15) is 94.9 Å². The number of rotatable bonds is 4. The summed E-state index contributed by atoms with van der Waals surface area (Å²) >= 11 is 0. The number of alkyl carbamates (subject to hydrolysis) is 2. The van der Waals surface area contributed by atoms with Gasteiger partial charge in [-0.2, -0.15) is 0 Å². The monoisotopic (exact) mass is 685 g/mol. The zero-order valence-corrected chi connectivity index (χ0v) is 29.6. The SMILES string of the molecule is CC(C)(C)OC(=O)NC(=NCc1ccc2[nH]c3c(c2c1)C[C@@]1(O)[C@H]2Cc4ccc(O)c5c4[C@@]1(CCN2CC1CC1)[C@H]3O5)NC(=O)OC(C)(C)C. The predicted octanol–water partition coefficient (Wildman–Crippen LogP) is 5.48. The number of hydrogen-bond donors (Lipinski definition) is 5. The zero-order valence-electron chi connectivity index (χ0n) is 29.6. The molecular formula is C38H47N5O7. The predicted molar refractivity (Wildman–Crippen MR) is 186 cm³/mol. The largest absolute Gasteiger partial charge is 0.504 e. The van der Waals surface area contributed by atoms with Crippen LogP contribution in [0.5, 0.6) is 11.5 Å². The molecule has 1 aromatic heterocycles. The maximum atomic E-state index is 13.2. The summed E-state index contributed by atoms with van der Waals surface area (Å²) in [5.41, 5.74) is 2.54. The van der Waals surface area contributed by atoms with E-state index in [9.17, 15) is 19.8 Å². The summed E-state index contributed by atoms with van der Waals surface area (Å²) in [6.45, 7) is 12.5. The van der Waals surface area contributed by atoms with Gasteiger partial charge in [0.2, 0.25) is 5.96 Å². The number of nitrogens with zero attached hydrogens (tertiary/aromatic N) is 2. The molecule has 266 valence electrons. The van der Waals surface area contributed by atoms with Gasteiger partial charge in [-0.05, 0) is 115 Å². The van der Waals surface area contributed by atoms with E-state index in [0.717, 1.165) is 58.4 Å². The van der Waals surface area contributed by atoms with Gasteiger partial charge in [-0.3, -0.25) is 15.5 Å². The van der Waals surface area contributed by atoms with Crippen molar-refractivity contribution in [2.75, 3.05) is 13.1 Å². The minimum atomic E-state index is -1.10. The number of amides is 2. The third-order valence-corrected chi connectivity index (χ3v) is 10.9. The van der Waals surface area contributed by atoms with Gasteiger partial charge < -0.3 is 29.4 Å². The number of nitrogens with one attached hydrogen (secondary N) is 3. The average Bonchev–Trinajstić information content (AvgIpc) is 3.65. The van der Waals surface area contributed by atoms with Crippen molar-refractivity contribution >= 4 is 29.0 Å². The number of aromatic nitrogens is 1. The molecule has 12 nitrogen and oxygen atoms in total. The molecule has 8 rings (SSSR count). The Kier molecular flexibility index (Phi) is 7.30. The van der Waals surface area contributed by atoms with Gasteiger partial charge in [-0.1, -0.05) is 12.1 Å². The summed E-state index contributed by atoms with van der Waals surface area (Å²) in [5.74, 6) is 1.21. The number of aromatic amines is 1. The normalized spacial score (nSPS) is 26.4. The van der Waals surface area contributed by atoms with E-state index in [1.165, 1.54) is 12.8 Å². The number of aromatic hydroxyl groups is 1. The maximum Gasteiger partial charge on any atom is 0.414 e. The van der Waals surface area contributed by atoms with E-state index in [1.54, 1.807) is 47.6 Å². The number of aliphatic imine (C=N–C) groups is 1. The van der Waals surface area contributed by atoms with E-state index in [4.69, 9.17) is 14.2 Å². The van der Waals surface area contributed by atoms with E-state index >= 15 is 0 Å². The van der Waals surface area contributed by atoms with Crippen molar-refractivity contribution in [3.8, 4) is 11.5 Å². The molecule has 2 aliphatic heterocycles. The fraction of sp³-hybridized carbons (Fsp3) is 0.553. The Bertz CT molecular complexity index is 1900. The number of fused-ring (bicyclic) bond motifs is 4. The van der Waals surface area contributed by atoms with E-state index in [0.29, 0.717) is 24.5 Å². The Hall–Kier alpha value is -4.29. The van der Waals surface area contributed by atoms with Crippen LogP contribution in [0.2, 0.25) is 0 Å². The molecule has 50 heavy (non-hydrogen) atoms. The molecule has 2 bridgehead atoms. The second-order valence-electron chi connectivity index (χ2n) is 16.7. The fourth-order valence-electron chi connectivity index (χ4n) is 8.85. The van der Waals surface area contributed by atoms with Crippen molar-refractivity contribution in [2.45, 2.75) is 115 Å². The van der Waals surface area contributed by atoms with Crippen molar-refractivity contribution in [3.05, 3.63) is 58.3 Å². The number of phenols is 1. The molecule has 5 N–H and O–H groups in total. The smallest absolute Gasteiger partial charge is 0.414 e. The van der Waals surface area contributed by atoms with E-state index in [2.05, 4.69) is 25.5 Å². The average molecular weight is 686 g/mol. The Morgan fingerprint density at radius 3 is 2.42 bits per heavy atom. The number of guanidine groups is 1. The number of benzene rings is 2. The number of H-pyrrole nitrogens is 1. The Labute approximate surface area is 291 Å². The summed E-state index contributed by atoms with van der Waals surface area (Å²) < 4.78 is 17.5. The molecule has 0 unspecified atom stereocenters. The minimum absolute atomic E-state index is 0.0720. The van der Waals surface area contributed by atoms with Gasteiger partial charge in [-0.15, -0.1) is 0 Å². The third kappa shape index (κ3) is 5.38. The molecule has 12 heteroatoms. The van der Waals surface area contributed by atoms with Gasteiger partial charge in [-0.25, -0.2) is 14.6 Å². The molecule has 3 aromatic rings. The highest BCUT2D eigenvalue weighted by atomic mass is 16.6. The maximum absolute atomic E-state index is 13.2. The Morgan fingerprint density at radius 2 is 1.76 bits per heavy atom. The van der Waals surface area contributed by atoms with Crippen molar-refractivity contribution in [2.24, 2.45) is 10.9 Å². The quantitative estimate of drug-likeness (QED) is 0.179. The number of ether oxygens (including phenoxy) is 3. The second-order valence-corrected chi connectivity index (χ2v) is 16.7. The minimum Gasteiger partial charge on any atom is -0.504 e. The molecule has 2 fully saturated rings. The highest BCUT2D eigenvalue weighted by molar-refractivity contribution is 6.01. The molecule has 2 aromatic carbocycles. The third-order valence-electron chi connectivity index (χ3n) is 10.9.